The fraction of sp³-hybridized carbons (Fsp3) is 0.333. The van der Waals surface area contributed by atoms with E-state index in [1.54, 1.807) is 41.8 Å². The Morgan fingerprint density at radius 3 is 2.31 bits per heavy atom. The summed E-state index contributed by atoms with van der Waals surface area (Å²) in [6.07, 6.45) is 7.66. The Kier molecular flexibility index (Phi) is 4.43. The molecule has 2 aromatic heterocycles. The Bertz CT molecular complexity index is 1030. The van der Waals surface area contributed by atoms with Crippen LogP contribution in [-0.2, 0) is 0 Å². The number of nitrogens with zero attached hydrogens (tertiary/aromatic N) is 5. The van der Waals surface area contributed by atoms with Crippen LogP contribution in [0, 0.1) is 11.6 Å². The van der Waals surface area contributed by atoms with Crippen LogP contribution in [0.1, 0.15) is 35.8 Å². The quantitative estimate of drug-likeness (QED) is 0.732. The second kappa shape index (κ2) is 7.11. The Morgan fingerprint density at radius 1 is 0.931 bits per heavy atom. The van der Waals surface area contributed by atoms with Crippen molar-refractivity contribution in [3.63, 3.8) is 0 Å². The van der Waals surface area contributed by atoms with E-state index in [9.17, 15) is 13.9 Å². The van der Waals surface area contributed by atoms with Crippen molar-refractivity contribution >= 4 is 5.69 Å². The van der Waals surface area contributed by atoms with Gasteiger partial charge in [0.15, 0.2) is 23.3 Å². The fourth-order valence-corrected chi connectivity index (χ4v) is 3.99. The van der Waals surface area contributed by atoms with Crippen LogP contribution in [0.4, 0.5) is 14.5 Å². The van der Waals surface area contributed by atoms with Crippen LogP contribution in [0.5, 0.6) is 0 Å². The van der Waals surface area contributed by atoms with E-state index in [-0.39, 0.29) is 17.5 Å². The van der Waals surface area contributed by atoms with Crippen LogP contribution in [0.2, 0.25) is 0 Å². The lowest BCUT2D eigenvalue weighted by molar-refractivity contribution is 0.198. The molecule has 3 aromatic rings. The molecule has 2 fully saturated rings. The smallest absolute Gasteiger partial charge is 0.197 e. The topological polar surface area (TPSA) is 75.0 Å². The van der Waals surface area contributed by atoms with E-state index in [1.807, 2.05) is 0 Å². The molecule has 0 amide bonds. The first-order valence-corrected chi connectivity index (χ1v) is 9.61. The minimum absolute atomic E-state index is 0.0961. The van der Waals surface area contributed by atoms with Crippen molar-refractivity contribution in [1.82, 2.24) is 19.9 Å². The highest BCUT2D eigenvalue weighted by molar-refractivity contribution is 5.54. The van der Waals surface area contributed by atoms with Crippen LogP contribution in [0.25, 0.3) is 11.6 Å². The number of aromatic nitrogens is 4. The van der Waals surface area contributed by atoms with Crippen LogP contribution in [-0.4, -0.2) is 44.2 Å². The van der Waals surface area contributed by atoms with Gasteiger partial charge in [-0.05, 0) is 54.0 Å². The average Bonchev–Trinajstić information content (AvgIpc) is 3.44. The normalized spacial score (nSPS) is 23.4. The van der Waals surface area contributed by atoms with Crippen LogP contribution >= 0.6 is 0 Å². The summed E-state index contributed by atoms with van der Waals surface area (Å²) in [5, 5.41) is 9.73. The van der Waals surface area contributed by atoms with Gasteiger partial charge in [-0.15, -0.1) is 0 Å². The molecule has 148 valence electrons. The largest absolute Gasteiger partial charge is 0.391 e. The minimum Gasteiger partial charge on any atom is -0.391 e. The van der Waals surface area contributed by atoms with Gasteiger partial charge >= 0.3 is 0 Å². The molecule has 2 aliphatic rings. The third kappa shape index (κ3) is 3.44. The molecule has 0 spiro atoms. The third-order valence-electron chi connectivity index (χ3n) is 5.62. The maximum Gasteiger partial charge on any atom is 0.197 e. The molecule has 6 nitrogen and oxygen atoms in total. The first-order valence-electron chi connectivity index (χ1n) is 9.61. The molecule has 1 aliphatic heterocycles. The summed E-state index contributed by atoms with van der Waals surface area (Å²) in [4.78, 5) is 18.7. The molecule has 0 bridgehead atoms. The predicted octanol–water partition coefficient (Wildman–Crippen LogP) is 3.05. The molecule has 1 saturated carbocycles. The number of aliphatic hydroxyl groups is 1. The lowest BCUT2D eigenvalue weighted by Crippen LogP contribution is -2.22. The molecular formula is C21H19F2N5O. The van der Waals surface area contributed by atoms with E-state index >= 15 is 0 Å². The Morgan fingerprint density at radius 2 is 1.62 bits per heavy atom. The van der Waals surface area contributed by atoms with Crippen molar-refractivity contribution in [2.45, 2.75) is 30.8 Å². The fourth-order valence-electron chi connectivity index (χ4n) is 3.99. The first kappa shape index (κ1) is 18.1. The van der Waals surface area contributed by atoms with Crippen molar-refractivity contribution < 1.29 is 13.9 Å². The first-order chi connectivity index (χ1) is 14.1. The second-order valence-corrected chi connectivity index (χ2v) is 7.59. The number of aliphatic hydroxyl groups excluding tert-OH is 1. The minimum atomic E-state index is -0.851. The molecule has 8 heteroatoms. The van der Waals surface area contributed by atoms with Gasteiger partial charge in [0.05, 0.1) is 11.8 Å². The standard InChI is InChI=1S/C21H19F2N5O/c22-17-6-12(7-18(19(17)23)28-5-2-14(29)11-28)15-8-16(15)13-9-26-21(27-10-13)20-24-3-1-4-25-20/h1,3-4,6-7,9-10,14-16,29H,2,5,8,11H2/t14-,15?,16?/m0/s1. The highest BCUT2D eigenvalue weighted by Gasteiger charge is 2.41. The third-order valence-corrected chi connectivity index (χ3v) is 5.62. The highest BCUT2D eigenvalue weighted by atomic mass is 19.2. The maximum absolute atomic E-state index is 14.3. The SMILES string of the molecule is O[C@H]1CCN(c2cc(C3CC3c3cnc(-c4ncccn4)nc3)cc(F)c2F)C1. The molecular weight excluding hydrogens is 376 g/mol. The zero-order valence-electron chi connectivity index (χ0n) is 15.5. The van der Waals surface area contributed by atoms with E-state index in [2.05, 4.69) is 19.9 Å². The van der Waals surface area contributed by atoms with Crippen LogP contribution in [0.3, 0.4) is 0 Å². The number of hydrogen-bond donors (Lipinski definition) is 1. The van der Waals surface area contributed by atoms with Gasteiger partial charge in [-0.1, -0.05) is 0 Å². The van der Waals surface area contributed by atoms with Crippen molar-refractivity contribution in [3.05, 3.63) is 65.7 Å². The average molecular weight is 395 g/mol. The number of benzene rings is 1. The van der Waals surface area contributed by atoms with Crippen molar-refractivity contribution in [1.29, 1.82) is 0 Å². The zero-order valence-corrected chi connectivity index (χ0v) is 15.5. The van der Waals surface area contributed by atoms with Gasteiger partial charge in [-0.2, -0.15) is 0 Å². The van der Waals surface area contributed by atoms with Crippen molar-refractivity contribution in [2.75, 3.05) is 18.0 Å². The molecule has 1 N–H and O–H groups in total. The molecule has 1 saturated heterocycles. The van der Waals surface area contributed by atoms with Gasteiger partial charge in [-0.25, -0.2) is 28.7 Å². The Hall–Kier alpha value is -3.00. The lowest BCUT2D eigenvalue weighted by Gasteiger charge is -2.20. The summed E-state index contributed by atoms with van der Waals surface area (Å²) >= 11 is 0. The molecule has 2 unspecified atom stereocenters. The zero-order chi connectivity index (χ0) is 20.0. The summed E-state index contributed by atoms with van der Waals surface area (Å²) in [5.41, 5.74) is 1.95. The molecule has 0 radical (unpaired) electrons. The number of rotatable bonds is 4. The number of β-amino-alcohol motifs (C(OH)–C–C–N with tert-alkyl or cyclic N) is 1. The lowest BCUT2D eigenvalue weighted by atomic mass is 10.0. The Labute approximate surface area is 166 Å². The maximum atomic E-state index is 14.3. The van der Waals surface area contributed by atoms with Crippen molar-refractivity contribution in [3.8, 4) is 11.6 Å². The van der Waals surface area contributed by atoms with Crippen molar-refractivity contribution in [2.24, 2.45) is 0 Å². The summed E-state index contributed by atoms with van der Waals surface area (Å²) < 4.78 is 28.6. The highest BCUT2D eigenvalue weighted by Crippen LogP contribution is 2.55. The van der Waals surface area contributed by atoms with E-state index in [0.717, 1.165) is 17.5 Å². The summed E-state index contributed by atoms with van der Waals surface area (Å²) in [5.74, 6) is -0.520. The van der Waals surface area contributed by atoms with Crippen LogP contribution in [0.15, 0.2) is 43.0 Å². The van der Waals surface area contributed by atoms with Gasteiger partial charge in [-0.3, -0.25) is 0 Å². The summed E-state index contributed by atoms with van der Waals surface area (Å²) in [7, 11) is 0. The summed E-state index contributed by atoms with van der Waals surface area (Å²) in [6, 6.07) is 4.72. The number of anilines is 1. The second-order valence-electron chi connectivity index (χ2n) is 7.59. The number of hydrogen-bond acceptors (Lipinski definition) is 6. The number of halogens is 2. The van der Waals surface area contributed by atoms with Gasteiger partial charge in [0, 0.05) is 37.9 Å². The predicted molar refractivity (Wildman–Crippen MR) is 102 cm³/mol. The van der Waals surface area contributed by atoms with E-state index in [0.29, 0.717) is 31.2 Å². The molecule has 3 heterocycles. The van der Waals surface area contributed by atoms with Crippen LogP contribution < -0.4 is 4.90 Å². The molecule has 1 aliphatic carbocycles. The van der Waals surface area contributed by atoms with Gasteiger partial charge in [0.2, 0.25) is 0 Å². The van der Waals surface area contributed by atoms with E-state index in [4.69, 9.17) is 0 Å². The summed E-state index contributed by atoms with van der Waals surface area (Å²) in [6.45, 7) is 0.844. The molecule has 29 heavy (non-hydrogen) atoms. The van der Waals surface area contributed by atoms with E-state index in [1.165, 1.54) is 6.07 Å². The van der Waals surface area contributed by atoms with Gasteiger partial charge in [0.1, 0.15) is 0 Å². The monoisotopic (exact) mass is 395 g/mol. The molecule has 1 aromatic carbocycles. The van der Waals surface area contributed by atoms with Gasteiger partial charge in [0.25, 0.3) is 0 Å². The van der Waals surface area contributed by atoms with Gasteiger partial charge < -0.3 is 10.0 Å². The molecule has 5 rings (SSSR count). The molecule has 3 atom stereocenters. The Balaban J connectivity index is 1.36. The van der Waals surface area contributed by atoms with E-state index < -0.39 is 17.7 Å².